The minimum atomic E-state index is 0.531. The van der Waals surface area contributed by atoms with Crippen LogP contribution in [0.1, 0.15) is 11.1 Å². The Kier molecular flexibility index (Phi) is 4.78. The lowest BCUT2D eigenvalue weighted by Gasteiger charge is -2.11. The van der Waals surface area contributed by atoms with E-state index < -0.39 is 0 Å². The fraction of sp³-hybridized carbons (Fsp3) is 0.455. The molecular formula is C11H17NO2S. The minimum absolute atomic E-state index is 0.531. The number of hydrogen-bond donors (Lipinski definition) is 1. The molecule has 0 aliphatic heterocycles. The quantitative estimate of drug-likeness (QED) is 0.476. The van der Waals surface area contributed by atoms with Gasteiger partial charge in [-0.1, -0.05) is 0 Å². The first-order valence-electron chi connectivity index (χ1n) is 4.68. The summed E-state index contributed by atoms with van der Waals surface area (Å²) in [4.78, 5) is 0. The molecule has 0 fully saturated rings. The number of hydrogen-bond acceptors (Lipinski definition) is 4. The van der Waals surface area contributed by atoms with Crippen molar-refractivity contribution in [2.75, 3.05) is 25.0 Å². The molecule has 1 aromatic carbocycles. The van der Waals surface area contributed by atoms with E-state index in [1.165, 1.54) is 0 Å². The number of anilines is 1. The zero-order valence-electron chi connectivity index (χ0n) is 9.37. The normalized spacial score (nSPS) is 10.3. The van der Waals surface area contributed by atoms with Crippen molar-refractivity contribution >= 4 is 17.4 Å². The zero-order chi connectivity index (χ0) is 11.3. The third-order valence-electron chi connectivity index (χ3n) is 2.12. The summed E-state index contributed by atoms with van der Waals surface area (Å²) in [5.41, 5.74) is 8.67. The topological polar surface area (TPSA) is 44.5 Å². The second-order valence-corrected chi connectivity index (χ2v) is 4.09. The van der Waals surface area contributed by atoms with E-state index in [0.29, 0.717) is 12.5 Å². The number of ether oxygens (including phenoxy) is 2. The third kappa shape index (κ3) is 3.32. The summed E-state index contributed by atoms with van der Waals surface area (Å²) in [6.45, 7) is 2.50. The third-order valence-corrected chi connectivity index (χ3v) is 2.52. The van der Waals surface area contributed by atoms with E-state index in [4.69, 9.17) is 15.2 Å². The van der Waals surface area contributed by atoms with E-state index in [0.717, 1.165) is 22.6 Å². The highest BCUT2D eigenvalue weighted by Crippen LogP contribution is 2.25. The van der Waals surface area contributed by atoms with Crippen molar-refractivity contribution in [3.8, 4) is 5.75 Å². The highest BCUT2D eigenvalue weighted by molar-refractivity contribution is 7.98. The molecule has 15 heavy (non-hydrogen) atoms. The van der Waals surface area contributed by atoms with Crippen LogP contribution >= 0.6 is 11.8 Å². The first-order valence-corrected chi connectivity index (χ1v) is 6.08. The summed E-state index contributed by atoms with van der Waals surface area (Å²) in [5.74, 6) is 1.53. The monoisotopic (exact) mass is 227 g/mol. The molecule has 0 atom stereocenters. The highest BCUT2D eigenvalue weighted by atomic mass is 32.2. The summed E-state index contributed by atoms with van der Waals surface area (Å²) >= 11 is 1.65. The largest absolute Gasteiger partial charge is 0.496 e. The molecular weight excluding hydrogens is 210 g/mol. The molecule has 0 aliphatic rings. The van der Waals surface area contributed by atoms with Crippen molar-refractivity contribution in [2.45, 2.75) is 13.5 Å². The fourth-order valence-corrected chi connectivity index (χ4v) is 1.58. The summed E-state index contributed by atoms with van der Waals surface area (Å²) < 4.78 is 10.6. The fourth-order valence-electron chi connectivity index (χ4n) is 1.33. The van der Waals surface area contributed by atoms with Gasteiger partial charge < -0.3 is 15.2 Å². The predicted octanol–water partition coefficient (Wildman–Crippen LogP) is 2.42. The molecule has 0 bridgehead atoms. The van der Waals surface area contributed by atoms with Gasteiger partial charge in [0.1, 0.15) is 5.75 Å². The lowest BCUT2D eigenvalue weighted by Crippen LogP contribution is -2.00. The molecule has 0 saturated heterocycles. The van der Waals surface area contributed by atoms with Crippen LogP contribution in [0.5, 0.6) is 5.75 Å². The lowest BCUT2D eigenvalue weighted by atomic mass is 10.1. The number of nitrogen functional groups attached to an aromatic ring is 1. The average Bonchev–Trinajstić information content (AvgIpc) is 2.21. The van der Waals surface area contributed by atoms with Crippen LogP contribution in [-0.2, 0) is 11.3 Å². The van der Waals surface area contributed by atoms with E-state index in [1.54, 1.807) is 18.9 Å². The molecule has 3 nitrogen and oxygen atoms in total. The van der Waals surface area contributed by atoms with E-state index >= 15 is 0 Å². The zero-order valence-corrected chi connectivity index (χ0v) is 10.2. The Morgan fingerprint density at radius 3 is 2.73 bits per heavy atom. The summed E-state index contributed by atoms with van der Waals surface area (Å²) in [7, 11) is 1.66. The van der Waals surface area contributed by atoms with Crippen molar-refractivity contribution in [1.29, 1.82) is 0 Å². The van der Waals surface area contributed by atoms with Crippen LogP contribution in [0.3, 0.4) is 0 Å². The number of nitrogens with two attached hydrogens (primary N) is 1. The molecule has 2 N–H and O–H groups in total. The van der Waals surface area contributed by atoms with Gasteiger partial charge in [-0.25, -0.2) is 0 Å². The van der Waals surface area contributed by atoms with Crippen LogP contribution in [-0.4, -0.2) is 19.3 Å². The predicted molar refractivity (Wildman–Crippen MR) is 65.3 cm³/mol. The Morgan fingerprint density at radius 1 is 1.40 bits per heavy atom. The standard InChI is InChI=1S/C11H17NO2S/c1-8-4-10(12)9(5-11(8)13-2)6-14-7-15-3/h4-5H,6-7,12H2,1-3H3. The van der Waals surface area contributed by atoms with Crippen molar-refractivity contribution in [1.82, 2.24) is 0 Å². The minimum Gasteiger partial charge on any atom is -0.496 e. The van der Waals surface area contributed by atoms with Gasteiger partial charge in [0.15, 0.2) is 0 Å². The molecule has 0 aromatic heterocycles. The molecule has 0 saturated carbocycles. The number of aryl methyl sites for hydroxylation is 1. The van der Waals surface area contributed by atoms with Crippen LogP contribution in [0.4, 0.5) is 5.69 Å². The van der Waals surface area contributed by atoms with E-state index in [9.17, 15) is 0 Å². The Morgan fingerprint density at radius 2 is 2.13 bits per heavy atom. The molecule has 0 heterocycles. The van der Waals surface area contributed by atoms with Crippen LogP contribution in [0.15, 0.2) is 12.1 Å². The van der Waals surface area contributed by atoms with Crippen LogP contribution in [0, 0.1) is 6.92 Å². The Labute approximate surface area is 94.9 Å². The number of benzene rings is 1. The van der Waals surface area contributed by atoms with Gasteiger partial charge in [0.25, 0.3) is 0 Å². The van der Waals surface area contributed by atoms with Crippen molar-refractivity contribution in [2.24, 2.45) is 0 Å². The molecule has 4 heteroatoms. The maximum atomic E-state index is 5.88. The smallest absolute Gasteiger partial charge is 0.122 e. The van der Waals surface area contributed by atoms with Crippen molar-refractivity contribution < 1.29 is 9.47 Å². The van der Waals surface area contributed by atoms with Gasteiger partial charge >= 0.3 is 0 Å². The van der Waals surface area contributed by atoms with Gasteiger partial charge in [0.05, 0.1) is 19.7 Å². The first-order chi connectivity index (χ1) is 7.19. The summed E-state index contributed by atoms with van der Waals surface area (Å²) in [6, 6.07) is 3.85. The first kappa shape index (κ1) is 12.2. The molecule has 0 spiro atoms. The average molecular weight is 227 g/mol. The highest BCUT2D eigenvalue weighted by Gasteiger charge is 2.05. The van der Waals surface area contributed by atoms with Gasteiger partial charge in [0, 0.05) is 11.3 Å². The number of rotatable bonds is 5. The molecule has 1 rings (SSSR count). The van der Waals surface area contributed by atoms with Crippen molar-refractivity contribution in [3.63, 3.8) is 0 Å². The Hall–Kier alpha value is -0.870. The summed E-state index contributed by atoms with van der Waals surface area (Å²) in [5, 5.41) is 0. The number of methoxy groups -OCH3 is 1. The van der Waals surface area contributed by atoms with Crippen molar-refractivity contribution in [3.05, 3.63) is 23.3 Å². The molecule has 0 amide bonds. The summed E-state index contributed by atoms with van der Waals surface area (Å²) in [6.07, 6.45) is 2.00. The van der Waals surface area contributed by atoms with Crippen LogP contribution in [0.25, 0.3) is 0 Å². The second-order valence-electron chi connectivity index (χ2n) is 3.28. The molecule has 0 unspecified atom stereocenters. The molecule has 1 aromatic rings. The molecule has 0 radical (unpaired) electrons. The number of thioether (sulfide) groups is 1. The van der Waals surface area contributed by atoms with Gasteiger partial charge in [0.2, 0.25) is 0 Å². The lowest BCUT2D eigenvalue weighted by molar-refractivity contribution is 0.169. The SMILES string of the molecule is COc1cc(COCSC)c(N)cc1C. The van der Waals surface area contributed by atoms with E-state index in [2.05, 4.69) is 0 Å². The maximum Gasteiger partial charge on any atom is 0.122 e. The van der Waals surface area contributed by atoms with E-state index in [1.807, 2.05) is 25.3 Å². The van der Waals surface area contributed by atoms with Gasteiger partial charge in [-0.05, 0) is 30.9 Å². The Bertz CT molecular complexity index is 329. The van der Waals surface area contributed by atoms with Gasteiger partial charge in [-0.3, -0.25) is 0 Å². The molecule has 84 valence electrons. The van der Waals surface area contributed by atoms with E-state index in [-0.39, 0.29) is 0 Å². The second kappa shape index (κ2) is 5.88. The Balaban J connectivity index is 2.78. The molecule has 0 aliphatic carbocycles. The van der Waals surface area contributed by atoms with Crippen LogP contribution in [0.2, 0.25) is 0 Å². The maximum absolute atomic E-state index is 5.88. The van der Waals surface area contributed by atoms with Gasteiger partial charge in [-0.15, -0.1) is 11.8 Å². The van der Waals surface area contributed by atoms with Gasteiger partial charge in [-0.2, -0.15) is 0 Å². The van der Waals surface area contributed by atoms with Crippen LogP contribution < -0.4 is 10.5 Å².